The van der Waals surface area contributed by atoms with Gasteiger partial charge >= 0.3 is 0 Å². The fourth-order valence-corrected chi connectivity index (χ4v) is 2.92. The molecule has 1 atom stereocenters. The number of carbonyl (C=O) groups is 1. The lowest BCUT2D eigenvalue weighted by atomic mass is 10.1. The van der Waals surface area contributed by atoms with Crippen LogP contribution in [0.3, 0.4) is 0 Å². The molecule has 0 aliphatic carbocycles. The summed E-state index contributed by atoms with van der Waals surface area (Å²) in [6, 6.07) is 17.9. The van der Waals surface area contributed by atoms with Gasteiger partial charge in [-0.3, -0.25) is 4.79 Å². The third kappa shape index (κ3) is 4.20. The smallest absolute Gasteiger partial charge is 0.253 e. The molecular weight excluding hydrogens is 286 g/mol. The largest absolute Gasteiger partial charge is 0.372 e. The van der Waals surface area contributed by atoms with Crippen molar-refractivity contribution in [2.75, 3.05) is 13.1 Å². The van der Waals surface area contributed by atoms with E-state index >= 15 is 0 Å². The second-order valence-corrected chi connectivity index (χ2v) is 6.18. The van der Waals surface area contributed by atoms with Gasteiger partial charge in [-0.2, -0.15) is 0 Å². The molecule has 0 N–H and O–H groups in total. The van der Waals surface area contributed by atoms with Crippen molar-refractivity contribution in [3.63, 3.8) is 0 Å². The average Bonchev–Trinajstić information content (AvgIpc) is 2.61. The summed E-state index contributed by atoms with van der Waals surface area (Å²) in [5.74, 6) is 0.106. The molecule has 120 valence electrons. The molecule has 0 bridgehead atoms. The molecule has 0 radical (unpaired) electrons. The van der Waals surface area contributed by atoms with E-state index in [4.69, 9.17) is 4.74 Å². The van der Waals surface area contributed by atoms with Crippen molar-refractivity contribution in [3.05, 3.63) is 71.3 Å². The number of nitrogens with zero attached hydrogens (tertiary/aromatic N) is 1. The molecule has 0 aromatic heterocycles. The van der Waals surface area contributed by atoms with Gasteiger partial charge in [0, 0.05) is 18.7 Å². The van der Waals surface area contributed by atoms with E-state index in [1.165, 1.54) is 11.1 Å². The number of hydrogen-bond acceptors (Lipinski definition) is 2. The monoisotopic (exact) mass is 309 g/mol. The predicted molar refractivity (Wildman–Crippen MR) is 91.3 cm³/mol. The molecule has 0 spiro atoms. The molecule has 1 amide bonds. The highest BCUT2D eigenvalue weighted by molar-refractivity contribution is 5.94. The van der Waals surface area contributed by atoms with Crippen LogP contribution in [0.25, 0.3) is 0 Å². The van der Waals surface area contributed by atoms with Crippen molar-refractivity contribution in [1.29, 1.82) is 0 Å². The molecule has 1 aliphatic heterocycles. The SMILES string of the molecule is Cc1ccc(CO[C@@H]2CCCN(C(=O)c3ccccc3)C2)cc1. The second kappa shape index (κ2) is 7.42. The molecule has 0 unspecified atom stereocenters. The standard InChI is InChI=1S/C20H23NO2/c1-16-9-11-17(12-10-16)15-23-19-8-5-13-21(14-19)20(22)18-6-3-2-4-7-18/h2-4,6-7,9-12,19H,5,8,13-15H2,1H3/t19-/m1/s1. The Morgan fingerprint density at radius 2 is 1.87 bits per heavy atom. The van der Waals surface area contributed by atoms with Gasteiger partial charge in [0.2, 0.25) is 0 Å². The fraction of sp³-hybridized carbons (Fsp3) is 0.350. The number of likely N-dealkylation sites (tertiary alicyclic amines) is 1. The summed E-state index contributed by atoms with van der Waals surface area (Å²) < 4.78 is 6.03. The van der Waals surface area contributed by atoms with E-state index in [2.05, 4.69) is 31.2 Å². The minimum atomic E-state index is 0.106. The van der Waals surface area contributed by atoms with Crippen LogP contribution in [0.2, 0.25) is 0 Å². The first-order valence-corrected chi connectivity index (χ1v) is 8.24. The highest BCUT2D eigenvalue weighted by Gasteiger charge is 2.24. The number of hydrogen-bond donors (Lipinski definition) is 0. The first-order valence-electron chi connectivity index (χ1n) is 8.24. The van der Waals surface area contributed by atoms with Gasteiger partial charge in [0.25, 0.3) is 5.91 Å². The maximum absolute atomic E-state index is 12.5. The van der Waals surface area contributed by atoms with Gasteiger partial charge < -0.3 is 9.64 Å². The van der Waals surface area contributed by atoms with E-state index in [9.17, 15) is 4.79 Å². The van der Waals surface area contributed by atoms with Gasteiger partial charge in [-0.15, -0.1) is 0 Å². The van der Waals surface area contributed by atoms with E-state index in [-0.39, 0.29) is 12.0 Å². The van der Waals surface area contributed by atoms with Crippen molar-refractivity contribution in [2.45, 2.75) is 32.5 Å². The minimum Gasteiger partial charge on any atom is -0.372 e. The number of carbonyl (C=O) groups excluding carboxylic acids is 1. The zero-order valence-electron chi connectivity index (χ0n) is 13.6. The van der Waals surface area contributed by atoms with Crippen molar-refractivity contribution >= 4 is 5.91 Å². The van der Waals surface area contributed by atoms with Gasteiger partial charge in [0.05, 0.1) is 12.7 Å². The van der Waals surface area contributed by atoms with Crippen LogP contribution in [0.1, 0.15) is 34.3 Å². The van der Waals surface area contributed by atoms with Gasteiger partial charge in [-0.05, 0) is 37.5 Å². The second-order valence-electron chi connectivity index (χ2n) is 6.18. The van der Waals surface area contributed by atoms with Crippen molar-refractivity contribution < 1.29 is 9.53 Å². The van der Waals surface area contributed by atoms with Gasteiger partial charge in [-0.1, -0.05) is 48.0 Å². The molecule has 23 heavy (non-hydrogen) atoms. The van der Waals surface area contributed by atoms with Crippen LogP contribution < -0.4 is 0 Å². The van der Waals surface area contributed by atoms with Gasteiger partial charge in [0.15, 0.2) is 0 Å². The predicted octanol–water partition coefficient (Wildman–Crippen LogP) is 3.82. The zero-order valence-corrected chi connectivity index (χ0v) is 13.6. The molecule has 2 aromatic rings. The van der Waals surface area contributed by atoms with Crippen LogP contribution in [0.4, 0.5) is 0 Å². The molecule has 1 fully saturated rings. The molecule has 3 nitrogen and oxygen atoms in total. The molecule has 3 rings (SSSR count). The number of piperidine rings is 1. The van der Waals surface area contributed by atoms with Crippen LogP contribution in [0.5, 0.6) is 0 Å². The van der Waals surface area contributed by atoms with Crippen LogP contribution in [0, 0.1) is 6.92 Å². The van der Waals surface area contributed by atoms with E-state index in [0.717, 1.165) is 24.9 Å². The maximum atomic E-state index is 12.5. The molecule has 3 heteroatoms. The van der Waals surface area contributed by atoms with Crippen LogP contribution in [-0.4, -0.2) is 30.0 Å². The number of benzene rings is 2. The Balaban J connectivity index is 1.56. The molecule has 1 saturated heterocycles. The normalized spacial score (nSPS) is 18.0. The lowest BCUT2D eigenvalue weighted by molar-refractivity contribution is -0.00673. The topological polar surface area (TPSA) is 29.5 Å². The lowest BCUT2D eigenvalue weighted by Gasteiger charge is -2.32. The molecule has 2 aromatic carbocycles. The number of rotatable bonds is 4. The van der Waals surface area contributed by atoms with E-state index < -0.39 is 0 Å². The van der Waals surface area contributed by atoms with E-state index in [1.54, 1.807) is 0 Å². The van der Waals surface area contributed by atoms with Crippen LogP contribution >= 0.6 is 0 Å². The first kappa shape index (κ1) is 15.8. The van der Waals surface area contributed by atoms with Crippen molar-refractivity contribution in [3.8, 4) is 0 Å². The summed E-state index contributed by atoms with van der Waals surface area (Å²) in [4.78, 5) is 14.4. The van der Waals surface area contributed by atoms with Gasteiger partial charge in [0.1, 0.15) is 0 Å². The lowest BCUT2D eigenvalue weighted by Crippen LogP contribution is -2.43. The first-order chi connectivity index (χ1) is 11.2. The highest BCUT2D eigenvalue weighted by atomic mass is 16.5. The number of amides is 1. The Hall–Kier alpha value is -2.13. The maximum Gasteiger partial charge on any atom is 0.253 e. The quantitative estimate of drug-likeness (QED) is 0.859. The minimum absolute atomic E-state index is 0.106. The Bertz CT molecular complexity index is 636. The number of aryl methyl sites for hydroxylation is 1. The summed E-state index contributed by atoms with van der Waals surface area (Å²) >= 11 is 0. The summed E-state index contributed by atoms with van der Waals surface area (Å²) in [7, 11) is 0. The third-order valence-corrected chi connectivity index (χ3v) is 4.29. The van der Waals surface area contributed by atoms with Crippen LogP contribution in [-0.2, 0) is 11.3 Å². The Kier molecular flexibility index (Phi) is 5.09. The Labute approximate surface area is 137 Å². The summed E-state index contributed by atoms with van der Waals surface area (Å²) in [5, 5.41) is 0. The molecule has 1 heterocycles. The fourth-order valence-electron chi connectivity index (χ4n) is 2.92. The van der Waals surface area contributed by atoms with Crippen molar-refractivity contribution in [1.82, 2.24) is 4.90 Å². The molecule has 0 saturated carbocycles. The zero-order chi connectivity index (χ0) is 16.1. The van der Waals surface area contributed by atoms with Crippen molar-refractivity contribution in [2.24, 2.45) is 0 Å². The summed E-state index contributed by atoms with van der Waals surface area (Å²) in [6.45, 7) is 4.19. The van der Waals surface area contributed by atoms with E-state index in [1.807, 2.05) is 35.2 Å². The highest BCUT2D eigenvalue weighted by Crippen LogP contribution is 2.17. The van der Waals surface area contributed by atoms with E-state index in [0.29, 0.717) is 13.2 Å². The Morgan fingerprint density at radius 1 is 1.13 bits per heavy atom. The number of ether oxygens (including phenoxy) is 1. The average molecular weight is 309 g/mol. The van der Waals surface area contributed by atoms with Crippen LogP contribution in [0.15, 0.2) is 54.6 Å². The van der Waals surface area contributed by atoms with Gasteiger partial charge in [-0.25, -0.2) is 0 Å². The molecular formula is C20H23NO2. The summed E-state index contributed by atoms with van der Waals surface area (Å²) in [6.07, 6.45) is 2.14. The third-order valence-electron chi connectivity index (χ3n) is 4.29. The summed E-state index contributed by atoms with van der Waals surface area (Å²) in [5.41, 5.74) is 3.19. The molecule has 1 aliphatic rings. The Morgan fingerprint density at radius 3 is 2.61 bits per heavy atom.